The molecule has 3 heterocycles. The van der Waals surface area contributed by atoms with Gasteiger partial charge < -0.3 is 19.9 Å². The summed E-state index contributed by atoms with van der Waals surface area (Å²) in [6.07, 6.45) is -2.90. The molecule has 0 spiro atoms. The van der Waals surface area contributed by atoms with Gasteiger partial charge in [0.2, 0.25) is 5.91 Å². The minimum atomic E-state index is -2.90. The first-order valence-electron chi connectivity index (χ1n) is 12.6. The second-order valence-corrected chi connectivity index (χ2v) is 10.1. The van der Waals surface area contributed by atoms with E-state index in [0.29, 0.717) is 36.9 Å². The minimum Gasteiger partial charge on any atom is -0.489 e. The molecule has 202 valence electrons. The van der Waals surface area contributed by atoms with Crippen LogP contribution in [0, 0.1) is 12.7 Å². The van der Waals surface area contributed by atoms with Gasteiger partial charge in [0, 0.05) is 50.7 Å². The van der Waals surface area contributed by atoms with E-state index >= 15 is 0 Å². The Kier molecular flexibility index (Phi) is 7.04. The summed E-state index contributed by atoms with van der Waals surface area (Å²) in [5.74, 6) is 0.870. The average molecular weight is 529 g/mol. The van der Waals surface area contributed by atoms with Gasteiger partial charge in [-0.15, -0.1) is 0 Å². The first-order chi connectivity index (χ1) is 18.1. The number of piperazine rings is 1. The molecular weight excluding hydrogens is 497 g/mol. The first kappa shape index (κ1) is 26.0. The van der Waals surface area contributed by atoms with Crippen molar-refractivity contribution in [1.82, 2.24) is 19.8 Å². The number of aromatic nitrogens is 2. The van der Waals surface area contributed by atoms with Crippen LogP contribution in [0.25, 0.3) is 10.9 Å². The van der Waals surface area contributed by atoms with Crippen LogP contribution in [0.5, 0.6) is 5.75 Å². The highest BCUT2D eigenvalue weighted by atomic mass is 19.3. The topological polar surface area (TPSA) is 73.8 Å². The van der Waals surface area contributed by atoms with Gasteiger partial charge in [0.15, 0.2) is 0 Å². The number of nitrogens with one attached hydrogen (secondary N) is 1. The molecule has 2 aliphatic rings. The Balaban J connectivity index is 1.45. The molecule has 5 rings (SSSR count). The predicted molar refractivity (Wildman–Crippen MR) is 139 cm³/mol. The smallest absolute Gasteiger partial charge is 0.266 e. The van der Waals surface area contributed by atoms with Crippen LogP contribution in [-0.2, 0) is 4.79 Å². The van der Waals surface area contributed by atoms with Crippen molar-refractivity contribution in [1.29, 1.82) is 0 Å². The van der Waals surface area contributed by atoms with Crippen LogP contribution in [0.3, 0.4) is 0 Å². The predicted octanol–water partition coefficient (Wildman–Crippen LogP) is 4.16. The Morgan fingerprint density at radius 3 is 2.71 bits per heavy atom. The van der Waals surface area contributed by atoms with Gasteiger partial charge in [-0.05, 0) is 19.9 Å². The van der Waals surface area contributed by atoms with E-state index in [0.717, 1.165) is 36.0 Å². The van der Waals surface area contributed by atoms with E-state index in [9.17, 15) is 18.0 Å². The van der Waals surface area contributed by atoms with Crippen molar-refractivity contribution in [2.45, 2.75) is 32.4 Å². The number of likely N-dealkylation sites (N-methyl/N-ethyl adjacent to an activating group) is 1. The lowest BCUT2D eigenvalue weighted by Crippen LogP contribution is -2.58. The molecule has 0 radical (unpaired) electrons. The molecule has 11 heteroatoms. The summed E-state index contributed by atoms with van der Waals surface area (Å²) in [6, 6.07) is 7.33. The number of benzene rings is 2. The number of hydrogen-bond donors (Lipinski definition) is 1. The van der Waals surface area contributed by atoms with Gasteiger partial charge in [-0.1, -0.05) is 18.2 Å². The SMILES string of the molecule is Cc1nc(N[C@H](C)c2cccc(C(F)F)c2F)c2cc3c(cc2n1)OC[C@H]1CN(CC(=O)N(C)C)CCN31. The van der Waals surface area contributed by atoms with Gasteiger partial charge in [-0.2, -0.15) is 0 Å². The number of rotatable bonds is 6. The number of alkyl halides is 2. The third-order valence-corrected chi connectivity index (χ3v) is 7.17. The molecule has 8 nitrogen and oxygen atoms in total. The Morgan fingerprint density at radius 2 is 1.97 bits per heavy atom. The Morgan fingerprint density at radius 1 is 1.21 bits per heavy atom. The summed E-state index contributed by atoms with van der Waals surface area (Å²) >= 11 is 0. The highest BCUT2D eigenvalue weighted by molar-refractivity contribution is 5.94. The van der Waals surface area contributed by atoms with Crippen LogP contribution in [-0.4, -0.2) is 78.6 Å². The number of ether oxygens (including phenoxy) is 1. The third kappa shape index (κ3) is 4.94. The Hall–Kier alpha value is -3.60. The zero-order valence-electron chi connectivity index (χ0n) is 21.8. The molecule has 1 saturated heterocycles. The van der Waals surface area contributed by atoms with Crippen molar-refractivity contribution in [3.8, 4) is 5.75 Å². The number of fused-ring (bicyclic) bond motifs is 4. The highest BCUT2D eigenvalue weighted by Gasteiger charge is 2.34. The summed E-state index contributed by atoms with van der Waals surface area (Å²) in [5, 5.41) is 3.94. The van der Waals surface area contributed by atoms with Crippen LogP contribution >= 0.6 is 0 Å². The lowest BCUT2D eigenvalue weighted by Gasteiger charge is -2.45. The second kappa shape index (κ2) is 10.3. The second-order valence-electron chi connectivity index (χ2n) is 10.1. The molecule has 0 unspecified atom stereocenters. The molecule has 0 saturated carbocycles. The van der Waals surface area contributed by atoms with Gasteiger partial charge in [0.05, 0.1) is 35.4 Å². The van der Waals surface area contributed by atoms with E-state index < -0.39 is 23.8 Å². The van der Waals surface area contributed by atoms with E-state index in [1.807, 2.05) is 12.1 Å². The number of nitrogens with zero attached hydrogens (tertiary/aromatic N) is 5. The maximum absolute atomic E-state index is 14.8. The number of amides is 1. The van der Waals surface area contributed by atoms with Crippen LogP contribution in [0.1, 0.15) is 36.3 Å². The monoisotopic (exact) mass is 528 g/mol. The van der Waals surface area contributed by atoms with Crippen LogP contribution in [0.4, 0.5) is 24.7 Å². The van der Waals surface area contributed by atoms with Crippen LogP contribution in [0.15, 0.2) is 30.3 Å². The zero-order valence-corrected chi connectivity index (χ0v) is 21.8. The van der Waals surface area contributed by atoms with E-state index in [2.05, 4.69) is 25.1 Å². The number of anilines is 2. The molecule has 0 aliphatic carbocycles. The fourth-order valence-corrected chi connectivity index (χ4v) is 5.11. The van der Waals surface area contributed by atoms with E-state index in [1.165, 1.54) is 12.1 Å². The molecule has 1 aromatic heterocycles. The van der Waals surface area contributed by atoms with Crippen molar-refractivity contribution >= 4 is 28.3 Å². The van der Waals surface area contributed by atoms with Gasteiger partial charge >= 0.3 is 0 Å². The molecule has 2 aliphatic heterocycles. The Labute approximate surface area is 219 Å². The van der Waals surface area contributed by atoms with Crippen molar-refractivity contribution < 1.29 is 22.7 Å². The summed E-state index contributed by atoms with van der Waals surface area (Å²) in [5.41, 5.74) is 1.09. The summed E-state index contributed by atoms with van der Waals surface area (Å²) in [4.78, 5) is 27.4. The maximum Gasteiger partial charge on any atom is 0.266 e. The standard InChI is InChI=1S/C27H31F3N6O2/c1-15(18-6-5-7-19(25(18)28)26(29)30)31-27-20-10-22-23(11-21(20)32-16(2)33-27)38-14-17-12-35(8-9-36(17)22)13-24(37)34(3)4/h5-7,10-11,15,17,26H,8-9,12-14H2,1-4H3,(H,31,32,33)/t15-,17-/m1/s1. The van der Waals surface area contributed by atoms with Crippen molar-refractivity contribution in [3.63, 3.8) is 0 Å². The van der Waals surface area contributed by atoms with E-state index in [-0.39, 0.29) is 17.5 Å². The number of aryl methyl sites for hydroxylation is 1. The molecule has 1 fully saturated rings. The quantitative estimate of drug-likeness (QED) is 0.515. The largest absolute Gasteiger partial charge is 0.489 e. The number of carbonyl (C=O) groups excluding carboxylic acids is 1. The number of halogens is 3. The van der Waals surface area contributed by atoms with Gasteiger partial charge in [-0.25, -0.2) is 23.1 Å². The minimum absolute atomic E-state index is 0.0643. The average Bonchev–Trinajstić information content (AvgIpc) is 2.87. The first-order valence-corrected chi connectivity index (χ1v) is 12.6. The molecule has 38 heavy (non-hydrogen) atoms. The fourth-order valence-electron chi connectivity index (χ4n) is 5.11. The summed E-state index contributed by atoms with van der Waals surface area (Å²) in [6.45, 7) is 6.50. The normalized spacial score (nSPS) is 18.1. The van der Waals surface area contributed by atoms with Crippen LogP contribution in [0.2, 0.25) is 0 Å². The van der Waals surface area contributed by atoms with Gasteiger partial charge in [0.1, 0.15) is 29.8 Å². The Bertz CT molecular complexity index is 1370. The molecule has 0 bridgehead atoms. The van der Waals surface area contributed by atoms with Crippen molar-refractivity contribution in [2.75, 3.05) is 57.1 Å². The zero-order chi connectivity index (χ0) is 27.1. The number of hydrogen-bond acceptors (Lipinski definition) is 7. The molecule has 2 atom stereocenters. The summed E-state index contributed by atoms with van der Waals surface area (Å²) in [7, 11) is 3.51. The summed E-state index contributed by atoms with van der Waals surface area (Å²) < 4.78 is 47.5. The molecular formula is C27H31F3N6O2. The van der Waals surface area contributed by atoms with Gasteiger partial charge in [0.25, 0.3) is 6.43 Å². The number of carbonyl (C=O) groups is 1. The molecule has 1 N–H and O–H groups in total. The molecule has 1 amide bonds. The van der Waals surface area contributed by atoms with E-state index in [1.54, 1.807) is 32.8 Å². The highest BCUT2D eigenvalue weighted by Crippen LogP contribution is 2.40. The fraction of sp³-hybridized carbons (Fsp3) is 0.444. The molecule has 2 aromatic carbocycles. The van der Waals surface area contributed by atoms with Crippen molar-refractivity contribution in [2.24, 2.45) is 0 Å². The third-order valence-electron chi connectivity index (χ3n) is 7.17. The maximum atomic E-state index is 14.8. The van der Waals surface area contributed by atoms with E-state index in [4.69, 9.17) is 4.74 Å². The van der Waals surface area contributed by atoms with Crippen molar-refractivity contribution in [3.05, 3.63) is 53.1 Å². The lowest BCUT2D eigenvalue weighted by molar-refractivity contribution is -0.130. The van der Waals surface area contributed by atoms with Gasteiger partial charge in [-0.3, -0.25) is 9.69 Å². The lowest BCUT2D eigenvalue weighted by atomic mass is 10.0. The van der Waals surface area contributed by atoms with Crippen LogP contribution < -0.4 is 15.0 Å². The molecule has 3 aromatic rings.